The van der Waals surface area contributed by atoms with E-state index in [1.807, 2.05) is 6.92 Å². The number of nitrogens with one attached hydrogen (secondary N) is 4. The first-order valence-corrected chi connectivity index (χ1v) is 19.9. The summed E-state index contributed by atoms with van der Waals surface area (Å²) in [6.45, 7) is 6.07. The topological polar surface area (TPSA) is 262 Å². The van der Waals surface area contributed by atoms with Crippen molar-refractivity contribution >= 4 is 81.6 Å². The van der Waals surface area contributed by atoms with Crippen LogP contribution in [0.4, 0.5) is 0 Å². The number of hydrogen-bond donors (Lipinski definition) is 5. The van der Waals surface area contributed by atoms with Crippen LogP contribution in [0.2, 0.25) is 0 Å². The number of esters is 2. The average molecular weight is 813 g/mol. The minimum atomic E-state index is -4.10. The SMILES string of the molecule is CCCOC(=O)c1c[nH]c2c(=O)[nH]c3ccc(S(=O)(=O)N(C)CC(=O)O)cc3c12.CN(CC(=O)OC(C)(C)C)S(=O)(=O)c1ccc2[nH]c(=O)c3[nH]ccc3c2c1. The quantitative estimate of drug-likeness (QED) is 0.118. The zero-order valence-corrected chi connectivity index (χ0v) is 32.8. The van der Waals surface area contributed by atoms with Crippen LogP contribution in [0.15, 0.2) is 74.2 Å². The van der Waals surface area contributed by atoms with Gasteiger partial charge in [-0.2, -0.15) is 8.61 Å². The number of carbonyl (C=O) groups is 3. The van der Waals surface area contributed by atoms with Crippen molar-refractivity contribution in [3.63, 3.8) is 0 Å². The highest BCUT2D eigenvalue weighted by molar-refractivity contribution is 7.89. The highest BCUT2D eigenvalue weighted by Crippen LogP contribution is 2.29. The molecule has 0 spiro atoms. The van der Waals surface area contributed by atoms with Crippen molar-refractivity contribution in [2.45, 2.75) is 49.5 Å². The summed E-state index contributed by atoms with van der Waals surface area (Å²) in [6, 6.07) is 10.1. The largest absolute Gasteiger partial charge is 0.480 e. The lowest BCUT2D eigenvalue weighted by molar-refractivity contribution is -0.154. The Hall–Kier alpha value is -5.83. The Morgan fingerprint density at radius 2 is 1.32 bits per heavy atom. The van der Waals surface area contributed by atoms with E-state index in [-0.39, 0.29) is 38.4 Å². The summed E-state index contributed by atoms with van der Waals surface area (Å²) in [7, 11) is -5.54. The molecule has 0 aliphatic carbocycles. The molecule has 298 valence electrons. The zero-order chi connectivity index (χ0) is 41.3. The minimum absolute atomic E-state index is 0.0237. The van der Waals surface area contributed by atoms with Gasteiger partial charge < -0.3 is 34.5 Å². The number of likely N-dealkylation sites (N-methyl/N-ethyl adjacent to an activating group) is 2. The molecule has 0 unspecified atom stereocenters. The Bertz CT molecular complexity index is 2850. The van der Waals surface area contributed by atoms with Crippen LogP contribution in [0.3, 0.4) is 0 Å². The first-order chi connectivity index (χ1) is 26.1. The van der Waals surface area contributed by atoms with Gasteiger partial charge in [-0.05, 0) is 69.7 Å². The number of sulfonamides is 2. The third-order valence-corrected chi connectivity index (χ3v) is 11.9. The number of benzene rings is 2. The zero-order valence-electron chi connectivity index (χ0n) is 31.2. The molecule has 0 bridgehead atoms. The number of carbonyl (C=O) groups excluding carboxylic acids is 2. The summed E-state index contributed by atoms with van der Waals surface area (Å²) in [5, 5.41) is 10.7. The second-order valence-electron chi connectivity index (χ2n) is 13.7. The molecule has 0 aliphatic rings. The first-order valence-electron chi connectivity index (χ1n) is 17.0. The Labute approximate surface area is 319 Å². The fourth-order valence-corrected chi connectivity index (χ4v) is 8.05. The molecule has 0 amide bonds. The molecule has 6 aromatic rings. The molecular formula is C36H40N6O12S2. The van der Waals surface area contributed by atoms with Crippen LogP contribution in [0.5, 0.6) is 0 Å². The summed E-state index contributed by atoms with van der Waals surface area (Å²) >= 11 is 0. The number of pyridine rings is 2. The predicted molar refractivity (Wildman–Crippen MR) is 207 cm³/mol. The number of carboxylic acids is 1. The number of H-pyrrole nitrogens is 4. The third kappa shape index (κ3) is 8.52. The van der Waals surface area contributed by atoms with E-state index in [1.165, 1.54) is 49.6 Å². The molecule has 20 heteroatoms. The van der Waals surface area contributed by atoms with E-state index >= 15 is 0 Å². The van der Waals surface area contributed by atoms with Crippen molar-refractivity contribution < 1.29 is 45.8 Å². The van der Waals surface area contributed by atoms with Gasteiger partial charge in [0.15, 0.2) is 0 Å². The van der Waals surface area contributed by atoms with E-state index in [2.05, 4.69) is 19.9 Å². The van der Waals surface area contributed by atoms with Crippen molar-refractivity contribution in [3.8, 4) is 0 Å². The molecule has 0 atom stereocenters. The number of rotatable bonds is 11. The Kier molecular flexibility index (Phi) is 11.6. The lowest BCUT2D eigenvalue weighted by Crippen LogP contribution is -2.36. The summed E-state index contributed by atoms with van der Waals surface area (Å²) in [5.74, 6) is -2.57. The van der Waals surface area contributed by atoms with Gasteiger partial charge >= 0.3 is 17.9 Å². The third-order valence-electron chi connectivity index (χ3n) is 8.32. The van der Waals surface area contributed by atoms with Crippen LogP contribution in [0, 0.1) is 0 Å². The molecule has 6 rings (SSSR count). The van der Waals surface area contributed by atoms with Gasteiger partial charge in [-0.1, -0.05) is 6.92 Å². The summed E-state index contributed by atoms with van der Waals surface area (Å²) in [4.78, 5) is 70.4. The van der Waals surface area contributed by atoms with Crippen molar-refractivity contribution in [2.24, 2.45) is 0 Å². The van der Waals surface area contributed by atoms with Crippen molar-refractivity contribution in [2.75, 3.05) is 33.8 Å². The van der Waals surface area contributed by atoms with Crippen LogP contribution in [0.25, 0.3) is 43.6 Å². The number of fused-ring (bicyclic) bond motifs is 6. The summed E-state index contributed by atoms with van der Waals surface area (Å²) < 4.78 is 63.1. The van der Waals surface area contributed by atoms with Gasteiger partial charge in [0.1, 0.15) is 29.7 Å². The molecule has 0 fully saturated rings. The first kappa shape index (κ1) is 41.3. The smallest absolute Gasteiger partial charge is 0.340 e. The van der Waals surface area contributed by atoms with Crippen molar-refractivity contribution in [1.82, 2.24) is 28.5 Å². The van der Waals surface area contributed by atoms with E-state index < -0.39 is 62.2 Å². The maximum absolute atomic E-state index is 12.9. The van der Waals surface area contributed by atoms with Crippen LogP contribution >= 0.6 is 0 Å². The fourth-order valence-electron chi connectivity index (χ4n) is 5.76. The number of aromatic amines is 4. The molecule has 4 heterocycles. The van der Waals surface area contributed by atoms with E-state index in [0.717, 1.165) is 11.4 Å². The second-order valence-corrected chi connectivity index (χ2v) is 17.8. The van der Waals surface area contributed by atoms with Gasteiger partial charge in [-0.3, -0.25) is 19.2 Å². The Morgan fingerprint density at radius 1 is 0.768 bits per heavy atom. The van der Waals surface area contributed by atoms with Gasteiger partial charge in [0.05, 0.1) is 22.0 Å². The van der Waals surface area contributed by atoms with E-state index in [4.69, 9.17) is 14.6 Å². The van der Waals surface area contributed by atoms with E-state index in [1.54, 1.807) is 33.0 Å². The summed E-state index contributed by atoms with van der Waals surface area (Å²) in [5.41, 5.74) is -0.00390. The monoisotopic (exact) mass is 812 g/mol. The highest BCUT2D eigenvalue weighted by Gasteiger charge is 2.27. The van der Waals surface area contributed by atoms with Crippen LogP contribution in [-0.4, -0.2) is 108 Å². The van der Waals surface area contributed by atoms with Crippen LogP contribution in [-0.2, 0) is 39.1 Å². The maximum atomic E-state index is 12.9. The number of aromatic nitrogens is 4. The molecule has 0 saturated heterocycles. The van der Waals surface area contributed by atoms with Crippen LogP contribution in [0.1, 0.15) is 44.5 Å². The Morgan fingerprint density at radius 3 is 1.89 bits per heavy atom. The number of carboxylic acid groups (broad SMARTS) is 1. The molecule has 0 saturated carbocycles. The van der Waals surface area contributed by atoms with Crippen molar-refractivity contribution in [1.29, 1.82) is 0 Å². The van der Waals surface area contributed by atoms with Gasteiger partial charge in [0.2, 0.25) is 20.0 Å². The standard InChI is InChI=1S/C18H19N3O7S.C18H21N3O5S/c1-3-6-28-18(25)12-8-19-16-15(12)11-7-10(4-5-13(11)20-17(16)24)29(26,27)21(2)9-14(22)23;1-18(2,3)26-15(22)10-21(4)27(24,25)11-5-6-14-13(9-11)12-7-8-19-16(12)17(23)20-14/h4-5,7-8,19H,3,6,9H2,1-2H3,(H,20,24)(H,22,23);5-9,19H,10H2,1-4H3,(H,20,23). The molecular weight excluding hydrogens is 773 g/mol. The second kappa shape index (κ2) is 15.7. The highest BCUT2D eigenvalue weighted by atomic mass is 32.2. The van der Waals surface area contributed by atoms with Gasteiger partial charge in [0, 0.05) is 59.1 Å². The lowest BCUT2D eigenvalue weighted by atomic mass is 10.1. The van der Waals surface area contributed by atoms with E-state index in [0.29, 0.717) is 43.4 Å². The van der Waals surface area contributed by atoms with Crippen LogP contribution < -0.4 is 11.1 Å². The number of hydrogen-bond acceptors (Lipinski definition) is 11. The average Bonchev–Trinajstić information content (AvgIpc) is 3.79. The number of ether oxygens (including phenoxy) is 2. The molecule has 2 aromatic carbocycles. The fraction of sp³-hybridized carbons (Fsp3) is 0.306. The minimum Gasteiger partial charge on any atom is -0.480 e. The lowest BCUT2D eigenvalue weighted by Gasteiger charge is -2.22. The molecule has 0 aliphatic heterocycles. The van der Waals surface area contributed by atoms with Gasteiger partial charge in [-0.25, -0.2) is 21.6 Å². The van der Waals surface area contributed by atoms with Crippen molar-refractivity contribution in [3.05, 3.63) is 81.1 Å². The molecule has 56 heavy (non-hydrogen) atoms. The predicted octanol–water partition coefficient (Wildman–Crippen LogP) is 3.25. The Balaban J connectivity index is 0.000000215. The number of aliphatic carboxylic acids is 1. The van der Waals surface area contributed by atoms with E-state index in [9.17, 15) is 40.8 Å². The molecule has 4 aromatic heterocycles. The normalized spacial score (nSPS) is 12.4. The van der Waals surface area contributed by atoms with Gasteiger partial charge in [-0.15, -0.1) is 0 Å². The van der Waals surface area contributed by atoms with Gasteiger partial charge in [0.25, 0.3) is 11.1 Å². The maximum Gasteiger partial charge on any atom is 0.340 e. The summed E-state index contributed by atoms with van der Waals surface area (Å²) in [6.07, 6.45) is 3.58. The molecule has 18 nitrogen and oxygen atoms in total. The number of nitrogens with zero attached hydrogens (tertiary/aromatic N) is 2. The molecule has 0 radical (unpaired) electrons. The molecule has 5 N–H and O–H groups in total.